The fraction of sp³-hybridized carbons (Fsp3) is 0.571. The number of hydrogen-bond donors (Lipinski definition) is 3. The van der Waals surface area contributed by atoms with Crippen LogP contribution in [-0.4, -0.2) is 57.9 Å². The molecule has 0 aromatic carbocycles. The molecule has 2 saturated heterocycles. The van der Waals surface area contributed by atoms with Crippen LogP contribution in [-0.2, 0) is 11.3 Å². The molecule has 1 aliphatic carbocycles. The molecule has 0 radical (unpaired) electrons. The van der Waals surface area contributed by atoms with Crippen molar-refractivity contribution < 1.29 is 14.6 Å². The van der Waals surface area contributed by atoms with Crippen molar-refractivity contribution >= 4 is 11.7 Å². The number of carbonyl (C=O) groups excluding carboxylic acids is 1. The maximum atomic E-state index is 12.5. The zero-order valence-electron chi connectivity index (χ0n) is 16.3. The molecule has 8 heteroatoms. The molecule has 1 saturated carbocycles. The first-order valence-corrected chi connectivity index (χ1v) is 10.5. The van der Waals surface area contributed by atoms with Gasteiger partial charge in [0.25, 0.3) is 5.91 Å². The maximum Gasteiger partial charge on any atom is 0.254 e. The number of imidazole rings is 1. The summed E-state index contributed by atoms with van der Waals surface area (Å²) in [5.74, 6) is 2.40. The van der Waals surface area contributed by atoms with E-state index in [1.165, 1.54) is 0 Å². The summed E-state index contributed by atoms with van der Waals surface area (Å²) in [6.45, 7) is 3.01. The van der Waals surface area contributed by atoms with Crippen molar-refractivity contribution in [2.24, 2.45) is 5.92 Å². The minimum atomic E-state index is -0.162. The Balaban J connectivity index is 1.42. The van der Waals surface area contributed by atoms with Gasteiger partial charge in [-0.1, -0.05) is 0 Å². The number of nitrogens with one attached hydrogen (secondary N) is 2. The van der Waals surface area contributed by atoms with Gasteiger partial charge in [-0.25, -0.2) is 9.97 Å². The van der Waals surface area contributed by atoms with E-state index in [0.717, 1.165) is 68.2 Å². The predicted octanol–water partition coefficient (Wildman–Crippen LogP) is 1.57. The van der Waals surface area contributed by atoms with E-state index in [2.05, 4.69) is 15.2 Å². The molecule has 3 N–H and O–H groups in total. The first kappa shape index (κ1) is 17.4. The molecule has 2 aromatic heterocycles. The van der Waals surface area contributed by atoms with Crippen molar-refractivity contribution in [1.29, 1.82) is 0 Å². The third kappa shape index (κ3) is 2.55. The molecule has 3 aliphatic heterocycles. The van der Waals surface area contributed by atoms with E-state index in [-0.39, 0.29) is 18.1 Å². The first-order valence-electron chi connectivity index (χ1n) is 10.5. The van der Waals surface area contributed by atoms with E-state index < -0.39 is 0 Å². The molecule has 4 aliphatic rings. The summed E-state index contributed by atoms with van der Waals surface area (Å²) in [7, 11) is 0. The Morgan fingerprint density at radius 1 is 1.28 bits per heavy atom. The van der Waals surface area contributed by atoms with E-state index in [1.807, 2.05) is 12.3 Å². The average molecular weight is 395 g/mol. The number of fused-ring (bicyclic) bond motifs is 2. The molecule has 2 atom stereocenters. The highest BCUT2D eigenvalue weighted by molar-refractivity contribution is 6.03. The van der Waals surface area contributed by atoms with Gasteiger partial charge >= 0.3 is 0 Å². The van der Waals surface area contributed by atoms with Crippen LogP contribution in [0.4, 0.5) is 5.82 Å². The SMILES string of the molecule is O=C1NCc2nc(N3CC[C@H]4C[C@]43CO)cc(-c3nc(C4CCOCC4)c[nH]3)c21. The van der Waals surface area contributed by atoms with Crippen molar-refractivity contribution in [2.45, 2.75) is 43.7 Å². The zero-order valence-corrected chi connectivity index (χ0v) is 16.3. The second-order valence-corrected chi connectivity index (χ2v) is 8.70. The van der Waals surface area contributed by atoms with Crippen molar-refractivity contribution in [2.75, 3.05) is 31.3 Å². The standard InChI is InChI=1S/C21H25N5O3/c27-11-21-8-13(21)1-4-26(21)17-7-14(18-16(24-17)10-23-20(18)28)19-22-9-15(25-19)12-2-5-29-6-3-12/h7,9,12-13,27H,1-6,8,10-11H2,(H,22,25)(H,23,28)/t13-,21-/m0/s1. The minimum Gasteiger partial charge on any atom is -0.394 e. The summed E-state index contributed by atoms with van der Waals surface area (Å²) in [5.41, 5.74) is 3.06. The van der Waals surface area contributed by atoms with Crippen LogP contribution >= 0.6 is 0 Å². The van der Waals surface area contributed by atoms with E-state index in [1.54, 1.807) is 0 Å². The number of ether oxygens (including phenoxy) is 1. The van der Waals surface area contributed by atoms with Crippen LogP contribution in [0.15, 0.2) is 12.3 Å². The number of aliphatic hydroxyl groups is 1. The lowest BCUT2D eigenvalue weighted by Gasteiger charge is -2.28. The Morgan fingerprint density at radius 3 is 2.93 bits per heavy atom. The van der Waals surface area contributed by atoms with Crippen molar-refractivity contribution in [1.82, 2.24) is 20.3 Å². The van der Waals surface area contributed by atoms with E-state index in [0.29, 0.717) is 29.8 Å². The van der Waals surface area contributed by atoms with E-state index in [9.17, 15) is 9.90 Å². The lowest BCUT2D eigenvalue weighted by molar-refractivity contribution is 0.0846. The number of pyridine rings is 1. The van der Waals surface area contributed by atoms with E-state index in [4.69, 9.17) is 14.7 Å². The van der Waals surface area contributed by atoms with Crippen LogP contribution in [0.2, 0.25) is 0 Å². The molecule has 8 nitrogen and oxygen atoms in total. The highest BCUT2D eigenvalue weighted by Crippen LogP contribution is 2.56. The topological polar surface area (TPSA) is 103 Å². The highest BCUT2D eigenvalue weighted by Gasteiger charge is 2.62. The molecule has 6 rings (SSSR count). The molecule has 29 heavy (non-hydrogen) atoms. The van der Waals surface area contributed by atoms with Gasteiger partial charge in [0.2, 0.25) is 0 Å². The molecular formula is C21H25N5O3. The monoisotopic (exact) mass is 395 g/mol. The number of amides is 1. The van der Waals surface area contributed by atoms with Crippen molar-refractivity contribution in [3.63, 3.8) is 0 Å². The smallest absolute Gasteiger partial charge is 0.254 e. The summed E-state index contributed by atoms with van der Waals surface area (Å²) in [6.07, 6.45) is 6.01. The van der Waals surface area contributed by atoms with Gasteiger partial charge in [-0.15, -0.1) is 0 Å². The number of anilines is 1. The number of rotatable bonds is 4. The predicted molar refractivity (Wildman–Crippen MR) is 106 cm³/mol. The molecule has 0 unspecified atom stereocenters. The summed E-state index contributed by atoms with van der Waals surface area (Å²) >= 11 is 0. The zero-order chi connectivity index (χ0) is 19.6. The number of piperidine rings is 1. The number of nitrogens with zero attached hydrogens (tertiary/aromatic N) is 3. The molecule has 0 spiro atoms. The van der Waals surface area contributed by atoms with Gasteiger partial charge in [-0.2, -0.15) is 0 Å². The third-order valence-corrected chi connectivity index (χ3v) is 7.21. The average Bonchev–Trinajstić information content (AvgIpc) is 3.12. The van der Waals surface area contributed by atoms with Crippen LogP contribution in [0.1, 0.15) is 53.3 Å². The molecular weight excluding hydrogens is 370 g/mol. The summed E-state index contributed by atoms with van der Waals surface area (Å²) < 4.78 is 5.47. The van der Waals surface area contributed by atoms with Crippen LogP contribution in [0.3, 0.4) is 0 Å². The lowest BCUT2D eigenvalue weighted by atomic mass is 9.97. The van der Waals surface area contributed by atoms with Crippen molar-refractivity contribution in [3.05, 3.63) is 29.2 Å². The number of H-pyrrole nitrogens is 1. The second kappa shape index (κ2) is 6.27. The van der Waals surface area contributed by atoms with E-state index >= 15 is 0 Å². The number of aliphatic hydroxyl groups excluding tert-OH is 1. The molecule has 5 heterocycles. The molecule has 152 valence electrons. The third-order valence-electron chi connectivity index (χ3n) is 7.21. The van der Waals surface area contributed by atoms with Crippen molar-refractivity contribution in [3.8, 4) is 11.4 Å². The molecule has 2 aromatic rings. The van der Waals surface area contributed by atoms with Gasteiger partial charge in [-0.3, -0.25) is 4.79 Å². The van der Waals surface area contributed by atoms with Gasteiger partial charge in [0.05, 0.1) is 35.6 Å². The van der Waals surface area contributed by atoms with Crippen LogP contribution < -0.4 is 10.2 Å². The Morgan fingerprint density at radius 2 is 2.14 bits per heavy atom. The van der Waals surface area contributed by atoms with Gasteiger partial charge in [0.1, 0.15) is 11.6 Å². The quantitative estimate of drug-likeness (QED) is 0.726. The van der Waals surface area contributed by atoms with Crippen LogP contribution in [0, 0.1) is 5.92 Å². The van der Waals surface area contributed by atoms with Crippen LogP contribution in [0.25, 0.3) is 11.4 Å². The Hall–Kier alpha value is -2.45. The van der Waals surface area contributed by atoms with Crippen LogP contribution in [0.5, 0.6) is 0 Å². The van der Waals surface area contributed by atoms with Gasteiger partial charge in [0.15, 0.2) is 0 Å². The lowest BCUT2D eigenvalue weighted by Crippen LogP contribution is -2.38. The summed E-state index contributed by atoms with van der Waals surface area (Å²) in [5, 5.41) is 12.9. The number of carbonyl (C=O) groups is 1. The minimum absolute atomic E-state index is 0.0966. The summed E-state index contributed by atoms with van der Waals surface area (Å²) in [4.78, 5) is 27.8. The number of aromatic nitrogens is 3. The first-order chi connectivity index (χ1) is 14.2. The fourth-order valence-corrected chi connectivity index (χ4v) is 5.42. The number of hydrogen-bond acceptors (Lipinski definition) is 6. The Bertz CT molecular complexity index is 979. The van der Waals surface area contributed by atoms with Gasteiger partial charge in [-0.05, 0) is 37.7 Å². The Labute approximate surface area is 168 Å². The highest BCUT2D eigenvalue weighted by atomic mass is 16.5. The largest absolute Gasteiger partial charge is 0.394 e. The number of aromatic amines is 1. The molecule has 3 fully saturated rings. The molecule has 0 bridgehead atoms. The van der Waals surface area contributed by atoms with Gasteiger partial charge < -0.3 is 25.0 Å². The Kier molecular flexibility index (Phi) is 3.77. The normalized spacial score (nSPS) is 28.4. The second-order valence-electron chi connectivity index (χ2n) is 8.70. The summed E-state index contributed by atoms with van der Waals surface area (Å²) in [6, 6.07) is 1.98. The molecule has 1 amide bonds. The fourth-order valence-electron chi connectivity index (χ4n) is 5.42. The van der Waals surface area contributed by atoms with Gasteiger partial charge in [0, 0.05) is 37.4 Å². The maximum absolute atomic E-state index is 12.5.